The summed E-state index contributed by atoms with van der Waals surface area (Å²) in [6.45, 7) is 8.22. The Hall–Kier alpha value is -1.06. The minimum atomic E-state index is -0.0765. The second kappa shape index (κ2) is 7.26. The van der Waals surface area contributed by atoms with Gasteiger partial charge in [0.05, 0.1) is 6.54 Å². The molecule has 0 aliphatic carbocycles. The molecule has 0 atom stereocenters. The Morgan fingerprint density at radius 3 is 2.33 bits per heavy atom. The Labute approximate surface area is 92.0 Å². The molecule has 0 aromatic heterocycles. The highest BCUT2D eigenvalue weighted by Crippen LogP contribution is 1.97. The van der Waals surface area contributed by atoms with E-state index in [0.717, 1.165) is 12.8 Å². The minimum absolute atomic E-state index is 0.0596. The molecule has 0 bridgehead atoms. The lowest BCUT2D eigenvalue weighted by molar-refractivity contribution is -0.135. The molecule has 0 saturated heterocycles. The van der Waals surface area contributed by atoms with Crippen molar-refractivity contribution in [2.24, 2.45) is 0 Å². The largest absolute Gasteiger partial charge is 0.355 e. The minimum Gasteiger partial charge on any atom is -0.355 e. The van der Waals surface area contributed by atoms with Gasteiger partial charge in [-0.2, -0.15) is 0 Å². The maximum absolute atomic E-state index is 11.4. The van der Waals surface area contributed by atoms with E-state index in [4.69, 9.17) is 0 Å². The van der Waals surface area contributed by atoms with Gasteiger partial charge in [-0.25, -0.2) is 0 Å². The quantitative estimate of drug-likeness (QED) is 0.674. The number of nitrogens with zero attached hydrogens (tertiary/aromatic N) is 1. The van der Waals surface area contributed by atoms with E-state index in [1.807, 2.05) is 13.8 Å². The van der Waals surface area contributed by atoms with Gasteiger partial charge in [0.2, 0.25) is 11.8 Å². The molecule has 0 saturated carbocycles. The molecule has 4 heteroatoms. The van der Waals surface area contributed by atoms with E-state index in [1.54, 1.807) is 4.90 Å². The van der Waals surface area contributed by atoms with Crippen LogP contribution in [0, 0.1) is 0 Å². The number of nitrogens with one attached hydrogen (secondary N) is 1. The first-order chi connectivity index (χ1) is 6.99. The summed E-state index contributed by atoms with van der Waals surface area (Å²) in [5, 5.41) is 2.79. The first-order valence-electron chi connectivity index (χ1n) is 5.53. The van der Waals surface area contributed by atoms with Gasteiger partial charge in [0.15, 0.2) is 0 Å². The first-order valence-corrected chi connectivity index (χ1v) is 5.53. The standard InChI is InChI=1S/C11H22N2O2/c1-5-6-7-12-11(15)8-13(9(2)3)10(4)14/h9H,5-8H2,1-4H3,(H,12,15). The molecule has 0 spiro atoms. The van der Waals surface area contributed by atoms with Crippen molar-refractivity contribution in [2.75, 3.05) is 13.1 Å². The summed E-state index contributed by atoms with van der Waals surface area (Å²) in [5.41, 5.74) is 0. The molecule has 0 aliphatic rings. The molecule has 0 fully saturated rings. The Balaban J connectivity index is 3.95. The molecule has 0 rings (SSSR count). The molecule has 0 aliphatic heterocycles. The summed E-state index contributed by atoms with van der Waals surface area (Å²) in [6.07, 6.45) is 2.04. The molecular formula is C11H22N2O2. The highest BCUT2D eigenvalue weighted by atomic mass is 16.2. The average molecular weight is 214 g/mol. The van der Waals surface area contributed by atoms with E-state index in [9.17, 15) is 9.59 Å². The van der Waals surface area contributed by atoms with Crippen LogP contribution in [-0.2, 0) is 9.59 Å². The number of amides is 2. The molecule has 0 aromatic rings. The summed E-state index contributed by atoms with van der Waals surface area (Å²) in [6, 6.07) is 0.0689. The van der Waals surface area contributed by atoms with Crippen LogP contribution < -0.4 is 5.32 Å². The lowest BCUT2D eigenvalue weighted by Gasteiger charge is -2.24. The van der Waals surface area contributed by atoms with E-state index in [-0.39, 0.29) is 24.4 Å². The molecule has 15 heavy (non-hydrogen) atoms. The molecule has 0 heterocycles. The lowest BCUT2D eigenvalue weighted by atomic mass is 10.3. The summed E-state index contributed by atoms with van der Waals surface area (Å²) >= 11 is 0. The van der Waals surface area contributed by atoms with Gasteiger partial charge in [-0.3, -0.25) is 9.59 Å². The average Bonchev–Trinajstić information content (AvgIpc) is 2.13. The Kier molecular flexibility index (Phi) is 6.75. The number of hydrogen-bond donors (Lipinski definition) is 1. The van der Waals surface area contributed by atoms with Crippen molar-refractivity contribution in [1.82, 2.24) is 10.2 Å². The van der Waals surface area contributed by atoms with Crippen LogP contribution in [0.4, 0.5) is 0 Å². The maximum Gasteiger partial charge on any atom is 0.239 e. The molecule has 0 aromatic carbocycles. The van der Waals surface area contributed by atoms with Crippen molar-refractivity contribution >= 4 is 11.8 Å². The summed E-state index contributed by atoms with van der Waals surface area (Å²) < 4.78 is 0. The molecule has 0 radical (unpaired) electrons. The normalized spacial score (nSPS) is 10.2. The van der Waals surface area contributed by atoms with Gasteiger partial charge in [-0.05, 0) is 20.3 Å². The number of carbonyl (C=O) groups is 2. The van der Waals surface area contributed by atoms with Gasteiger partial charge in [0.25, 0.3) is 0 Å². The van der Waals surface area contributed by atoms with Gasteiger partial charge < -0.3 is 10.2 Å². The second-order valence-corrected chi connectivity index (χ2v) is 3.94. The predicted molar refractivity (Wildman–Crippen MR) is 60.4 cm³/mol. The summed E-state index contributed by atoms with van der Waals surface area (Å²) in [4.78, 5) is 24.2. The highest BCUT2D eigenvalue weighted by Gasteiger charge is 2.15. The third-order valence-corrected chi connectivity index (χ3v) is 2.19. The van der Waals surface area contributed by atoms with Crippen LogP contribution in [0.25, 0.3) is 0 Å². The molecule has 4 nitrogen and oxygen atoms in total. The van der Waals surface area contributed by atoms with Crippen molar-refractivity contribution in [1.29, 1.82) is 0 Å². The lowest BCUT2D eigenvalue weighted by Crippen LogP contribution is -2.43. The molecule has 88 valence electrons. The van der Waals surface area contributed by atoms with Crippen LogP contribution in [0.3, 0.4) is 0 Å². The van der Waals surface area contributed by atoms with E-state index in [0.29, 0.717) is 6.54 Å². The van der Waals surface area contributed by atoms with Crippen molar-refractivity contribution < 1.29 is 9.59 Å². The summed E-state index contributed by atoms with van der Waals surface area (Å²) in [5.74, 6) is -0.136. The Morgan fingerprint density at radius 1 is 1.33 bits per heavy atom. The third-order valence-electron chi connectivity index (χ3n) is 2.19. The number of carbonyl (C=O) groups excluding carboxylic acids is 2. The highest BCUT2D eigenvalue weighted by molar-refractivity contribution is 5.83. The Morgan fingerprint density at radius 2 is 1.93 bits per heavy atom. The van der Waals surface area contributed by atoms with Crippen molar-refractivity contribution in [3.8, 4) is 0 Å². The zero-order valence-electron chi connectivity index (χ0n) is 10.2. The van der Waals surface area contributed by atoms with E-state index in [1.165, 1.54) is 6.92 Å². The topological polar surface area (TPSA) is 49.4 Å². The predicted octanol–water partition coefficient (Wildman–Crippen LogP) is 1.16. The number of rotatable bonds is 6. The van der Waals surface area contributed by atoms with Crippen LogP contribution in [0.5, 0.6) is 0 Å². The monoisotopic (exact) mass is 214 g/mol. The fourth-order valence-corrected chi connectivity index (χ4v) is 1.27. The zero-order chi connectivity index (χ0) is 11.8. The van der Waals surface area contributed by atoms with Gasteiger partial charge >= 0.3 is 0 Å². The van der Waals surface area contributed by atoms with E-state index >= 15 is 0 Å². The zero-order valence-corrected chi connectivity index (χ0v) is 10.2. The summed E-state index contributed by atoms with van der Waals surface area (Å²) in [7, 11) is 0. The molecule has 0 unspecified atom stereocenters. The van der Waals surface area contributed by atoms with Crippen molar-refractivity contribution in [3.63, 3.8) is 0 Å². The van der Waals surface area contributed by atoms with E-state index < -0.39 is 0 Å². The van der Waals surface area contributed by atoms with Crippen molar-refractivity contribution in [3.05, 3.63) is 0 Å². The fraction of sp³-hybridized carbons (Fsp3) is 0.818. The van der Waals surface area contributed by atoms with Crippen LogP contribution in [-0.4, -0.2) is 35.8 Å². The van der Waals surface area contributed by atoms with Crippen LogP contribution in [0.1, 0.15) is 40.5 Å². The molecule has 1 N–H and O–H groups in total. The maximum atomic E-state index is 11.4. The SMILES string of the molecule is CCCCNC(=O)CN(C(C)=O)C(C)C. The molecule has 2 amide bonds. The Bertz CT molecular complexity index is 215. The van der Waals surface area contributed by atoms with Gasteiger partial charge in [-0.15, -0.1) is 0 Å². The molecular weight excluding hydrogens is 192 g/mol. The van der Waals surface area contributed by atoms with Crippen LogP contribution in [0.2, 0.25) is 0 Å². The number of unbranched alkanes of at least 4 members (excludes halogenated alkanes) is 1. The third kappa shape index (κ3) is 6.10. The van der Waals surface area contributed by atoms with Gasteiger partial charge in [0, 0.05) is 19.5 Å². The smallest absolute Gasteiger partial charge is 0.239 e. The fourth-order valence-electron chi connectivity index (χ4n) is 1.27. The number of hydrogen-bond acceptors (Lipinski definition) is 2. The van der Waals surface area contributed by atoms with Gasteiger partial charge in [-0.1, -0.05) is 13.3 Å². The second-order valence-electron chi connectivity index (χ2n) is 3.94. The van der Waals surface area contributed by atoms with E-state index in [2.05, 4.69) is 12.2 Å². The first kappa shape index (κ1) is 13.9. The van der Waals surface area contributed by atoms with Crippen LogP contribution >= 0.6 is 0 Å². The van der Waals surface area contributed by atoms with Gasteiger partial charge in [0.1, 0.15) is 0 Å². The van der Waals surface area contributed by atoms with Crippen LogP contribution in [0.15, 0.2) is 0 Å². The van der Waals surface area contributed by atoms with Crippen molar-refractivity contribution in [2.45, 2.75) is 46.6 Å².